The van der Waals surface area contributed by atoms with E-state index in [0.29, 0.717) is 0 Å². The van der Waals surface area contributed by atoms with Crippen LogP contribution in [0.4, 0.5) is 13.2 Å². The zero-order chi connectivity index (χ0) is 11.2. The molecule has 0 radical (unpaired) electrons. The van der Waals surface area contributed by atoms with Crippen LogP contribution in [0.2, 0.25) is 0 Å². The molecule has 0 aliphatic rings. The van der Waals surface area contributed by atoms with Crippen LogP contribution in [-0.4, -0.2) is 50.2 Å². The molecular formula is C8H14F3NO2. The van der Waals surface area contributed by atoms with Crippen molar-refractivity contribution in [2.45, 2.75) is 13.1 Å². The van der Waals surface area contributed by atoms with Gasteiger partial charge in [0.1, 0.15) is 6.61 Å². The minimum atomic E-state index is -4.26. The molecule has 0 aliphatic heterocycles. The van der Waals surface area contributed by atoms with Gasteiger partial charge in [-0.15, -0.1) is 0 Å². The van der Waals surface area contributed by atoms with Gasteiger partial charge >= 0.3 is 6.18 Å². The van der Waals surface area contributed by atoms with E-state index in [1.807, 2.05) is 0 Å². The fourth-order valence-electron chi connectivity index (χ4n) is 0.989. The average molecular weight is 213 g/mol. The van der Waals surface area contributed by atoms with Crippen molar-refractivity contribution in [3.05, 3.63) is 0 Å². The number of methoxy groups -OCH3 is 1. The second kappa shape index (κ2) is 5.98. The third-order valence-electron chi connectivity index (χ3n) is 1.56. The van der Waals surface area contributed by atoms with E-state index in [-0.39, 0.29) is 25.5 Å². The summed E-state index contributed by atoms with van der Waals surface area (Å²) in [6.45, 7) is 0.345. The molecule has 0 fully saturated rings. The van der Waals surface area contributed by atoms with E-state index in [9.17, 15) is 18.0 Å². The summed E-state index contributed by atoms with van der Waals surface area (Å²) in [6.07, 6.45) is -4.26. The van der Waals surface area contributed by atoms with E-state index < -0.39 is 12.7 Å². The number of hydrogen-bond acceptors (Lipinski definition) is 3. The summed E-state index contributed by atoms with van der Waals surface area (Å²) in [5.41, 5.74) is 0. The maximum absolute atomic E-state index is 11.9. The molecule has 0 aromatic rings. The van der Waals surface area contributed by atoms with Gasteiger partial charge in [0.2, 0.25) is 0 Å². The highest BCUT2D eigenvalue weighted by Crippen LogP contribution is 2.15. The molecule has 0 amide bonds. The first-order valence-corrected chi connectivity index (χ1v) is 4.18. The SMILES string of the molecule is CCN(CC(=O)COC)CC(F)(F)F. The number of hydrogen-bond donors (Lipinski definition) is 0. The van der Waals surface area contributed by atoms with Crippen LogP contribution in [-0.2, 0) is 9.53 Å². The molecule has 0 aromatic heterocycles. The van der Waals surface area contributed by atoms with Crippen LogP contribution >= 0.6 is 0 Å². The molecule has 0 saturated heterocycles. The number of nitrogens with zero attached hydrogens (tertiary/aromatic N) is 1. The first-order valence-electron chi connectivity index (χ1n) is 4.18. The highest BCUT2D eigenvalue weighted by Gasteiger charge is 2.30. The van der Waals surface area contributed by atoms with E-state index in [1.54, 1.807) is 6.92 Å². The summed E-state index contributed by atoms with van der Waals surface area (Å²) >= 11 is 0. The molecule has 14 heavy (non-hydrogen) atoms. The van der Waals surface area contributed by atoms with Crippen molar-refractivity contribution in [1.82, 2.24) is 4.90 Å². The average Bonchev–Trinajstić information content (AvgIpc) is 2.01. The van der Waals surface area contributed by atoms with E-state index in [4.69, 9.17) is 0 Å². The lowest BCUT2D eigenvalue weighted by Crippen LogP contribution is -2.38. The number of ether oxygens (including phenoxy) is 1. The summed E-state index contributed by atoms with van der Waals surface area (Å²) in [5, 5.41) is 0. The Morgan fingerprint density at radius 3 is 2.36 bits per heavy atom. The largest absolute Gasteiger partial charge is 0.401 e. The Balaban J connectivity index is 3.97. The zero-order valence-corrected chi connectivity index (χ0v) is 8.23. The van der Waals surface area contributed by atoms with Gasteiger partial charge in [-0.05, 0) is 6.54 Å². The summed E-state index contributed by atoms with van der Waals surface area (Å²) in [6, 6.07) is 0. The van der Waals surface area contributed by atoms with Gasteiger partial charge < -0.3 is 4.74 Å². The van der Waals surface area contributed by atoms with Crippen LogP contribution in [0.1, 0.15) is 6.92 Å². The number of rotatable bonds is 6. The predicted octanol–water partition coefficient (Wildman–Crippen LogP) is 1.09. The monoisotopic (exact) mass is 213 g/mol. The van der Waals surface area contributed by atoms with Crippen LogP contribution in [0, 0.1) is 0 Å². The maximum atomic E-state index is 11.9. The summed E-state index contributed by atoms with van der Waals surface area (Å²) < 4.78 is 40.4. The van der Waals surface area contributed by atoms with Gasteiger partial charge in [0.05, 0.1) is 13.1 Å². The van der Waals surface area contributed by atoms with Gasteiger partial charge in [-0.1, -0.05) is 6.92 Å². The number of alkyl halides is 3. The molecule has 0 spiro atoms. The number of Topliss-reactive ketones (excluding diaryl/α,β-unsaturated/α-hetero) is 1. The summed E-state index contributed by atoms with van der Waals surface area (Å²) in [7, 11) is 1.33. The molecule has 0 unspecified atom stereocenters. The number of carbonyl (C=O) groups excluding carboxylic acids is 1. The van der Waals surface area contributed by atoms with Gasteiger partial charge in [0.15, 0.2) is 5.78 Å². The van der Waals surface area contributed by atoms with Crippen LogP contribution in [0.5, 0.6) is 0 Å². The molecule has 0 bridgehead atoms. The Hall–Kier alpha value is -0.620. The third-order valence-corrected chi connectivity index (χ3v) is 1.56. The molecule has 0 aromatic carbocycles. The molecule has 3 nitrogen and oxygen atoms in total. The molecule has 0 rings (SSSR count). The molecular weight excluding hydrogens is 199 g/mol. The topological polar surface area (TPSA) is 29.5 Å². The van der Waals surface area contributed by atoms with Crippen molar-refractivity contribution < 1.29 is 22.7 Å². The van der Waals surface area contributed by atoms with E-state index >= 15 is 0 Å². The highest BCUT2D eigenvalue weighted by atomic mass is 19.4. The van der Waals surface area contributed by atoms with Crippen molar-refractivity contribution in [1.29, 1.82) is 0 Å². The molecule has 0 saturated carbocycles. The lowest BCUT2D eigenvalue weighted by atomic mass is 10.3. The molecule has 6 heteroatoms. The van der Waals surface area contributed by atoms with Gasteiger partial charge in [-0.25, -0.2) is 0 Å². The van der Waals surface area contributed by atoms with E-state index in [0.717, 1.165) is 4.90 Å². The van der Waals surface area contributed by atoms with Gasteiger partial charge in [-0.2, -0.15) is 13.2 Å². The number of halogens is 3. The Morgan fingerprint density at radius 1 is 1.43 bits per heavy atom. The Kier molecular flexibility index (Phi) is 5.71. The minimum absolute atomic E-state index is 0.144. The number of likely N-dealkylation sites (N-methyl/N-ethyl adjacent to an activating group) is 1. The second-order valence-corrected chi connectivity index (χ2v) is 2.89. The van der Waals surface area contributed by atoms with Gasteiger partial charge in [0.25, 0.3) is 0 Å². The fourth-order valence-corrected chi connectivity index (χ4v) is 0.989. The first-order chi connectivity index (χ1) is 6.39. The molecule has 0 N–H and O–H groups in total. The molecule has 0 atom stereocenters. The zero-order valence-electron chi connectivity index (χ0n) is 8.23. The number of ketones is 1. The Morgan fingerprint density at radius 2 is 2.00 bits per heavy atom. The van der Waals surface area contributed by atoms with Crippen LogP contribution in [0.15, 0.2) is 0 Å². The lowest BCUT2D eigenvalue weighted by molar-refractivity contribution is -0.148. The van der Waals surface area contributed by atoms with Crippen LogP contribution < -0.4 is 0 Å². The number of carbonyl (C=O) groups is 1. The van der Waals surface area contributed by atoms with E-state index in [2.05, 4.69) is 4.74 Å². The quantitative estimate of drug-likeness (QED) is 0.661. The van der Waals surface area contributed by atoms with Crippen LogP contribution in [0.3, 0.4) is 0 Å². The highest BCUT2D eigenvalue weighted by molar-refractivity contribution is 5.81. The maximum Gasteiger partial charge on any atom is 0.401 e. The van der Waals surface area contributed by atoms with Gasteiger partial charge in [-0.3, -0.25) is 9.69 Å². The van der Waals surface area contributed by atoms with Crippen molar-refractivity contribution in [2.75, 3.05) is 33.4 Å². The molecule has 0 heterocycles. The van der Waals surface area contributed by atoms with Crippen molar-refractivity contribution in [3.63, 3.8) is 0 Å². The van der Waals surface area contributed by atoms with E-state index in [1.165, 1.54) is 7.11 Å². The third kappa shape index (κ3) is 6.85. The molecule has 84 valence electrons. The standard InChI is InChI=1S/C8H14F3NO2/c1-3-12(6-8(9,10)11)4-7(13)5-14-2/h3-6H2,1-2H3. The Labute approximate surface area is 80.8 Å². The summed E-state index contributed by atoms with van der Waals surface area (Å²) in [4.78, 5) is 12.0. The second-order valence-electron chi connectivity index (χ2n) is 2.89. The predicted molar refractivity (Wildman–Crippen MR) is 45.1 cm³/mol. The normalized spacial score (nSPS) is 12.1. The lowest BCUT2D eigenvalue weighted by Gasteiger charge is -2.20. The molecule has 0 aliphatic carbocycles. The minimum Gasteiger partial charge on any atom is -0.377 e. The Bertz CT molecular complexity index is 182. The first kappa shape index (κ1) is 13.4. The van der Waals surface area contributed by atoms with Crippen molar-refractivity contribution >= 4 is 5.78 Å². The van der Waals surface area contributed by atoms with Crippen molar-refractivity contribution in [3.8, 4) is 0 Å². The summed E-state index contributed by atoms with van der Waals surface area (Å²) in [5.74, 6) is -0.349. The van der Waals surface area contributed by atoms with Crippen molar-refractivity contribution in [2.24, 2.45) is 0 Å². The fraction of sp³-hybridized carbons (Fsp3) is 0.875. The van der Waals surface area contributed by atoms with Crippen LogP contribution in [0.25, 0.3) is 0 Å². The smallest absolute Gasteiger partial charge is 0.377 e. The van der Waals surface area contributed by atoms with Gasteiger partial charge in [0, 0.05) is 7.11 Å².